The standard InChI is InChI=1S/C19H25N3O5S2/c1-6-28(24,25)22(5)16-9-7-8-15(12-16)19(23)20-18-13-17(11-10-14(18)2)29(26,27)21(3)4/h7-13H,6H2,1-5H3,(H,20,23). The summed E-state index contributed by atoms with van der Waals surface area (Å²) in [5, 5.41) is 2.71. The molecular weight excluding hydrogens is 414 g/mol. The molecule has 0 atom stereocenters. The van der Waals surface area contributed by atoms with Crippen LogP contribution in [0.5, 0.6) is 0 Å². The van der Waals surface area contributed by atoms with E-state index in [1.165, 1.54) is 39.3 Å². The second-order valence-corrected chi connectivity index (χ2v) is 11.1. The van der Waals surface area contributed by atoms with Crippen molar-refractivity contribution >= 4 is 37.3 Å². The van der Waals surface area contributed by atoms with E-state index in [-0.39, 0.29) is 16.2 Å². The van der Waals surface area contributed by atoms with Crippen molar-refractivity contribution in [2.45, 2.75) is 18.7 Å². The minimum atomic E-state index is -3.65. The lowest BCUT2D eigenvalue weighted by atomic mass is 10.1. The van der Waals surface area contributed by atoms with Crippen LogP contribution < -0.4 is 9.62 Å². The third-order valence-electron chi connectivity index (χ3n) is 4.49. The average Bonchev–Trinajstić information content (AvgIpc) is 2.68. The molecule has 0 fully saturated rings. The lowest BCUT2D eigenvalue weighted by molar-refractivity contribution is 0.102. The molecule has 0 aliphatic carbocycles. The number of nitrogens with one attached hydrogen (secondary N) is 1. The quantitative estimate of drug-likeness (QED) is 0.713. The Bertz CT molecular complexity index is 1130. The van der Waals surface area contributed by atoms with E-state index in [9.17, 15) is 21.6 Å². The largest absolute Gasteiger partial charge is 0.322 e. The Morgan fingerprint density at radius 1 is 1.00 bits per heavy atom. The summed E-state index contributed by atoms with van der Waals surface area (Å²) in [5.41, 5.74) is 1.66. The van der Waals surface area contributed by atoms with E-state index in [0.29, 0.717) is 16.9 Å². The Kier molecular flexibility index (Phi) is 6.71. The van der Waals surface area contributed by atoms with E-state index in [1.54, 1.807) is 38.1 Å². The number of hydrogen-bond acceptors (Lipinski definition) is 5. The zero-order valence-electron chi connectivity index (χ0n) is 17.0. The summed E-state index contributed by atoms with van der Waals surface area (Å²) in [7, 11) is -2.82. The van der Waals surface area contributed by atoms with Gasteiger partial charge in [0.1, 0.15) is 0 Å². The number of carbonyl (C=O) groups is 1. The summed E-state index contributed by atoms with van der Waals surface area (Å²) in [4.78, 5) is 12.8. The van der Waals surface area contributed by atoms with Crippen LogP contribution in [0.15, 0.2) is 47.4 Å². The molecule has 2 aromatic carbocycles. The van der Waals surface area contributed by atoms with Crippen molar-refractivity contribution in [3.8, 4) is 0 Å². The molecular formula is C19H25N3O5S2. The summed E-state index contributed by atoms with van der Waals surface area (Å²) >= 11 is 0. The van der Waals surface area contributed by atoms with E-state index in [1.807, 2.05) is 0 Å². The molecule has 0 saturated carbocycles. The highest BCUT2D eigenvalue weighted by Crippen LogP contribution is 2.24. The molecule has 0 aliphatic heterocycles. The molecule has 1 amide bonds. The van der Waals surface area contributed by atoms with Crippen molar-refractivity contribution < 1.29 is 21.6 Å². The fourth-order valence-electron chi connectivity index (χ4n) is 2.50. The lowest BCUT2D eigenvalue weighted by Gasteiger charge is -2.19. The SMILES string of the molecule is CCS(=O)(=O)N(C)c1cccc(C(=O)Nc2cc(S(=O)(=O)N(C)C)ccc2C)c1. The number of sulfonamides is 2. The van der Waals surface area contributed by atoms with Crippen molar-refractivity contribution in [3.05, 3.63) is 53.6 Å². The first-order valence-corrected chi connectivity index (χ1v) is 11.9. The molecule has 0 aliphatic rings. The van der Waals surface area contributed by atoms with E-state index in [2.05, 4.69) is 5.32 Å². The number of nitrogens with zero attached hydrogens (tertiary/aromatic N) is 2. The maximum Gasteiger partial charge on any atom is 0.255 e. The number of carbonyl (C=O) groups excluding carboxylic acids is 1. The van der Waals surface area contributed by atoms with Gasteiger partial charge in [-0.3, -0.25) is 9.10 Å². The van der Waals surface area contributed by atoms with Crippen LogP contribution in [-0.4, -0.2) is 53.9 Å². The van der Waals surface area contributed by atoms with Gasteiger partial charge in [-0.1, -0.05) is 12.1 Å². The van der Waals surface area contributed by atoms with Crippen molar-refractivity contribution in [2.24, 2.45) is 0 Å². The fraction of sp³-hybridized carbons (Fsp3) is 0.316. The van der Waals surface area contributed by atoms with E-state index < -0.39 is 26.0 Å². The monoisotopic (exact) mass is 439 g/mol. The Labute approximate surface area is 172 Å². The minimum absolute atomic E-state index is 0.0610. The van der Waals surface area contributed by atoms with Gasteiger partial charge in [-0.15, -0.1) is 0 Å². The first-order valence-electron chi connectivity index (χ1n) is 8.81. The van der Waals surface area contributed by atoms with Gasteiger partial charge in [-0.25, -0.2) is 21.1 Å². The summed E-state index contributed by atoms with van der Waals surface area (Å²) < 4.78 is 51.0. The van der Waals surface area contributed by atoms with Crippen LogP contribution in [0.4, 0.5) is 11.4 Å². The van der Waals surface area contributed by atoms with Crippen molar-refractivity contribution in [3.63, 3.8) is 0 Å². The average molecular weight is 440 g/mol. The maximum atomic E-state index is 12.7. The molecule has 0 aromatic heterocycles. The molecule has 10 heteroatoms. The van der Waals surface area contributed by atoms with Crippen LogP contribution >= 0.6 is 0 Å². The van der Waals surface area contributed by atoms with Gasteiger partial charge in [0.15, 0.2) is 0 Å². The van der Waals surface area contributed by atoms with E-state index in [0.717, 1.165) is 8.61 Å². The first-order chi connectivity index (χ1) is 13.4. The zero-order valence-corrected chi connectivity index (χ0v) is 18.6. The Hall–Kier alpha value is -2.43. The molecule has 8 nitrogen and oxygen atoms in total. The highest BCUT2D eigenvalue weighted by atomic mass is 32.2. The minimum Gasteiger partial charge on any atom is -0.322 e. The van der Waals surface area contributed by atoms with Crippen molar-refractivity contribution in [1.82, 2.24) is 4.31 Å². The molecule has 0 bridgehead atoms. The topological polar surface area (TPSA) is 104 Å². The third-order valence-corrected chi connectivity index (χ3v) is 8.08. The van der Waals surface area contributed by atoms with Gasteiger partial charge >= 0.3 is 0 Å². The van der Waals surface area contributed by atoms with Crippen LogP contribution in [-0.2, 0) is 20.0 Å². The molecule has 0 radical (unpaired) electrons. The van der Waals surface area contributed by atoms with E-state index >= 15 is 0 Å². The number of amides is 1. The Balaban J connectivity index is 2.35. The van der Waals surface area contributed by atoms with Gasteiger partial charge in [-0.2, -0.15) is 0 Å². The van der Waals surface area contributed by atoms with Gasteiger partial charge in [0.05, 0.1) is 16.3 Å². The van der Waals surface area contributed by atoms with Crippen molar-refractivity contribution in [1.29, 1.82) is 0 Å². The summed E-state index contributed by atoms with van der Waals surface area (Å²) in [6.45, 7) is 3.29. The molecule has 2 rings (SSSR count). The second-order valence-electron chi connectivity index (χ2n) is 6.64. The van der Waals surface area contributed by atoms with Crippen LogP contribution in [0.1, 0.15) is 22.8 Å². The Morgan fingerprint density at radius 2 is 1.66 bits per heavy atom. The molecule has 158 valence electrons. The van der Waals surface area contributed by atoms with Crippen LogP contribution in [0.2, 0.25) is 0 Å². The number of aryl methyl sites for hydroxylation is 1. The highest BCUT2D eigenvalue weighted by Gasteiger charge is 2.20. The predicted octanol–water partition coefficient (Wildman–Crippen LogP) is 2.28. The van der Waals surface area contributed by atoms with Crippen LogP contribution in [0.3, 0.4) is 0 Å². The molecule has 0 heterocycles. The summed E-state index contributed by atoms with van der Waals surface area (Å²) in [6.07, 6.45) is 0. The van der Waals surface area contributed by atoms with Gasteiger partial charge in [0.25, 0.3) is 5.91 Å². The second kappa shape index (κ2) is 8.52. The normalized spacial score (nSPS) is 12.1. The molecule has 0 saturated heterocycles. The summed E-state index contributed by atoms with van der Waals surface area (Å²) in [5.74, 6) is -0.539. The van der Waals surface area contributed by atoms with Gasteiger partial charge in [0, 0.05) is 32.4 Å². The highest BCUT2D eigenvalue weighted by molar-refractivity contribution is 7.92. The molecule has 0 unspecified atom stereocenters. The fourth-order valence-corrected chi connectivity index (χ4v) is 4.25. The third kappa shape index (κ3) is 4.95. The summed E-state index contributed by atoms with van der Waals surface area (Å²) in [6, 6.07) is 10.7. The van der Waals surface area contributed by atoms with E-state index in [4.69, 9.17) is 0 Å². The van der Waals surface area contributed by atoms with Gasteiger partial charge in [0.2, 0.25) is 20.0 Å². The molecule has 29 heavy (non-hydrogen) atoms. The van der Waals surface area contributed by atoms with Crippen LogP contribution in [0, 0.1) is 6.92 Å². The number of hydrogen-bond donors (Lipinski definition) is 1. The number of rotatable bonds is 7. The maximum absolute atomic E-state index is 12.7. The van der Waals surface area contributed by atoms with Crippen LogP contribution in [0.25, 0.3) is 0 Å². The Morgan fingerprint density at radius 3 is 2.24 bits per heavy atom. The first kappa shape index (κ1) is 22.9. The van der Waals surface area contributed by atoms with Gasteiger partial charge < -0.3 is 5.32 Å². The number of benzene rings is 2. The van der Waals surface area contributed by atoms with Gasteiger partial charge in [-0.05, 0) is 49.7 Å². The molecule has 2 aromatic rings. The smallest absolute Gasteiger partial charge is 0.255 e. The molecule has 0 spiro atoms. The predicted molar refractivity (Wildman–Crippen MR) is 114 cm³/mol. The zero-order chi connectivity index (χ0) is 22.0. The number of anilines is 2. The lowest BCUT2D eigenvalue weighted by Crippen LogP contribution is -2.28. The van der Waals surface area contributed by atoms with Crippen molar-refractivity contribution in [2.75, 3.05) is 36.5 Å². The molecule has 1 N–H and O–H groups in total.